The van der Waals surface area contributed by atoms with Crippen molar-refractivity contribution in [1.82, 2.24) is 4.90 Å². The van der Waals surface area contributed by atoms with Gasteiger partial charge in [0.15, 0.2) is 14.9 Å². The fourth-order valence-corrected chi connectivity index (χ4v) is 5.82. The third kappa shape index (κ3) is 4.53. The van der Waals surface area contributed by atoms with E-state index in [0.717, 1.165) is 16.1 Å². The molecule has 8 heteroatoms. The Balaban J connectivity index is 1.83. The molecule has 2 heterocycles. The molecule has 1 aromatic heterocycles. The predicted octanol–water partition coefficient (Wildman–Crippen LogP) is 4.10. The van der Waals surface area contributed by atoms with Gasteiger partial charge in [-0.05, 0) is 54.7 Å². The average molecular weight is 415 g/mol. The number of hydrogen-bond donors (Lipinski definition) is 1. The fraction of sp³-hybridized carbons (Fsp3) is 0.353. The van der Waals surface area contributed by atoms with Crippen molar-refractivity contribution in [3.63, 3.8) is 0 Å². The molecule has 0 spiro atoms. The normalized spacial score (nSPS) is 18.9. The smallest absolute Gasteiger partial charge is 0.174 e. The standard InChI is InChI=1S/C17H19ClN2O2S3/c1-12-15(18)5-2-6-16(12)19-17(23)20(10-14-4-3-8-24-14)13-7-9-25(21,22)11-13/h2-6,8,13H,7,9-11H2,1H3,(H,19,23)/t13-/m0/s1. The molecular weight excluding hydrogens is 396 g/mol. The number of hydrogen-bond acceptors (Lipinski definition) is 4. The van der Waals surface area contributed by atoms with Crippen LogP contribution in [0.5, 0.6) is 0 Å². The molecule has 1 N–H and O–H groups in total. The molecule has 1 aromatic carbocycles. The molecule has 2 aromatic rings. The van der Waals surface area contributed by atoms with Crippen LogP contribution in [0.3, 0.4) is 0 Å². The Hall–Kier alpha value is -1.15. The second kappa shape index (κ2) is 7.61. The van der Waals surface area contributed by atoms with E-state index in [1.54, 1.807) is 11.3 Å². The van der Waals surface area contributed by atoms with Crippen LogP contribution < -0.4 is 5.32 Å². The number of thiocarbonyl (C=S) groups is 1. The van der Waals surface area contributed by atoms with Crippen molar-refractivity contribution in [2.75, 3.05) is 16.8 Å². The molecule has 0 bridgehead atoms. The zero-order chi connectivity index (χ0) is 18.0. The molecule has 1 atom stereocenters. The summed E-state index contributed by atoms with van der Waals surface area (Å²) in [5, 5.41) is 6.46. The summed E-state index contributed by atoms with van der Waals surface area (Å²) in [6, 6.07) is 9.53. The molecule has 4 nitrogen and oxygen atoms in total. The van der Waals surface area contributed by atoms with Crippen molar-refractivity contribution >= 4 is 55.8 Å². The number of nitrogens with zero attached hydrogens (tertiary/aromatic N) is 1. The van der Waals surface area contributed by atoms with Gasteiger partial charge < -0.3 is 10.2 Å². The van der Waals surface area contributed by atoms with Crippen molar-refractivity contribution in [2.45, 2.75) is 25.9 Å². The molecule has 25 heavy (non-hydrogen) atoms. The van der Waals surface area contributed by atoms with E-state index in [2.05, 4.69) is 5.32 Å². The van der Waals surface area contributed by atoms with Crippen molar-refractivity contribution in [3.8, 4) is 0 Å². The highest BCUT2D eigenvalue weighted by Crippen LogP contribution is 2.26. The summed E-state index contributed by atoms with van der Waals surface area (Å²) >= 11 is 13.4. The molecule has 0 radical (unpaired) electrons. The third-order valence-electron chi connectivity index (χ3n) is 4.33. The molecule has 0 saturated carbocycles. The van der Waals surface area contributed by atoms with Crippen LogP contribution in [-0.2, 0) is 16.4 Å². The van der Waals surface area contributed by atoms with Crippen molar-refractivity contribution in [2.24, 2.45) is 0 Å². The van der Waals surface area contributed by atoms with E-state index in [9.17, 15) is 8.42 Å². The van der Waals surface area contributed by atoms with E-state index in [-0.39, 0.29) is 17.5 Å². The van der Waals surface area contributed by atoms with Crippen LogP contribution >= 0.6 is 35.2 Å². The number of sulfone groups is 1. The molecule has 3 rings (SSSR count). The Morgan fingerprint density at radius 1 is 1.40 bits per heavy atom. The first-order valence-electron chi connectivity index (χ1n) is 7.91. The number of halogens is 1. The Morgan fingerprint density at radius 2 is 2.20 bits per heavy atom. The summed E-state index contributed by atoms with van der Waals surface area (Å²) in [5.41, 5.74) is 1.76. The van der Waals surface area contributed by atoms with E-state index < -0.39 is 9.84 Å². The Bertz CT molecular complexity index is 866. The molecule has 1 aliphatic rings. The highest BCUT2D eigenvalue weighted by Gasteiger charge is 2.33. The van der Waals surface area contributed by atoms with Gasteiger partial charge in [-0.15, -0.1) is 11.3 Å². The lowest BCUT2D eigenvalue weighted by molar-refractivity contribution is 0.335. The summed E-state index contributed by atoms with van der Waals surface area (Å²) in [6.07, 6.45) is 0.601. The monoisotopic (exact) mass is 414 g/mol. The lowest BCUT2D eigenvalue weighted by Gasteiger charge is -2.31. The predicted molar refractivity (Wildman–Crippen MR) is 109 cm³/mol. The van der Waals surface area contributed by atoms with Gasteiger partial charge in [0.2, 0.25) is 0 Å². The van der Waals surface area contributed by atoms with Crippen LogP contribution in [0.4, 0.5) is 5.69 Å². The first kappa shape index (κ1) is 18.6. The summed E-state index contributed by atoms with van der Waals surface area (Å²) < 4.78 is 23.8. The van der Waals surface area contributed by atoms with Gasteiger partial charge in [-0.3, -0.25) is 0 Å². The van der Waals surface area contributed by atoms with Crippen LogP contribution in [0.15, 0.2) is 35.7 Å². The molecule has 1 aliphatic heterocycles. The lowest BCUT2D eigenvalue weighted by atomic mass is 10.2. The summed E-state index contributed by atoms with van der Waals surface area (Å²) in [7, 11) is -2.99. The third-order valence-corrected chi connectivity index (χ3v) is 7.68. The molecular formula is C17H19ClN2O2S3. The van der Waals surface area contributed by atoms with E-state index in [1.807, 2.05) is 47.5 Å². The van der Waals surface area contributed by atoms with Crippen molar-refractivity contribution in [3.05, 3.63) is 51.2 Å². The van der Waals surface area contributed by atoms with E-state index in [1.165, 1.54) is 0 Å². The molecule has 0 amide bonds. The van der Waals surface area contributed by atoms with Crippen molar-refractivity contribution < 1.29 is 8.42 Å². The molecule has 0 unspecified atom stereocenters. The largest absolute Gasteiger partial charge is 0.340 e. The van der Waals surface area contributed by atoms with Crippen LogP contribution in [0.25, 0.3) is 0 Å². The molecule has 134 valence electrons. The van der Waals surface area contributed by atoms with Crippen LogP contribution in [-0.4, -0.2) is 36.0 Å². The minimum atomic E-state index is -2.99. The second-order valence-electron chi connectivity index (χ2n) is 6.11. The summed E-state index contributed by atoms with van der Waals surface area (Å²) in [5.74, 6) is 0.367. The highest BCUT2D eigenvalue weighted by molar-refractivity contribution is 7.91. The highest BCUT2D eigenvalue weighted by atomic mass is 35.5. The van der Waals surface area contributed by atoms with Gasteiger partial charge in [0.05, 0.1) is 18.1 Å². The average Bonchev–Trinajstić information content (AvgIpc) is 3.18. The van der Waals surface area contributed by atoms with E-state index >= 15 is 0 Å². The van der Waals surface area contributed by atoms with Gasteiger partial charge in [0.25, 0.3) is 0 Å². The van der Waals surface area contributed by atoms with Gasteiger partial charge in [-0.25, -0.2) is 8.42 Å². The zero-order valence-corrected chi connectivity index (χ0v) is 16.9. The minimum Gasteiger partial charge on any atom is -0.340 e. The number of thiophene rings is 1. The fourth-order valence-electron chi connectivity index (χ4n) is 2.89. The van der Waals surface area contributed by atoms with Gasteiger partial charge in [-0.2, -0.15) is 0 Å². The minimum absolute atomic E-state index is 0.105. The van der Waals surface area contributed by atoms with Crippen LogP contribution in [0, 0.1) is 6.92 Å². The van der Waals surface area contributed by atoms with Gasteiger partial charge in [-0.1, -0.05) is 23.7 Å². The maximum atomic E-state index is 11.9. The molecule has 1 fully saturated rings. The van der Waals surface area contributed by atoms with E-state index in [0.29, 0.717) is 23.1 Å². The van der Waals surface area contributed by atoms with E-state index in [4.69, 9.17) is 23.8 Å². The Labute approximate surface area is 162 Å². The summed E-state index contributed by atoms with van der Waals surface area (Å²) in [6.45, 7) is 2.53. The maximum absolute atomic E-state index is 11.9. The van der Waals surface area contributed by atoms with Crippen molar-refractivity contribution in [1.29, 1.82) is 0 Å². The SMILES string of the molecule is Cc1c(Cl)cccc1NC(=S)N(Cc1cccs1)[C@H]1CCS(=O)(=O)C1. The maximum Gasteiger partial charge on any atom is 0.174 e. The number of anilines is 1. The number of rotatable bonds is 4. The topological polar surface area (TPSA) is 49.4 Å². The van der Waals surface area contributed by atoms with Gasteiger partial charge in [0.1, 0.15) is 0 Å². The lowest BCUT2D eigenvalue weighted by Crippen LogP contribution is -2.42. The molecule has 0 aliphatic carbocycles. The van der Waals surface area contributed by atoms with Crippen LogP contribution in [0.1, 0.15) is 16.9 Å². The first-order chi connectivity index (χ1) is 11.9. The van der Waals surface area contributed by atoms with Gasteiger partial charge >= 0.3 is 0 Å². The quantitative estimate of drug-likeness (QED) is 0.763. The van der Waals surface area contributed by atoms with Crippen LogP contribution in [0.2, 0.25) is 5.02 Å². The number of nitrogens with one attached hydrogen (secondary N) is 1. The van der Waals surface area contributed by atoms with Gasteiger partial charge in [0, 0.05) is 21.6 Å². The number of benzene rings is 1. The zero-order valence-electron chi connectivity index (χ0n) is 13.7. The summed E-state index contributed by atoms with van der Waals surface area (Å²) in [4.78, 5) is 3.14. The molecule has 1 saturated heterocycles. The Kier molecular flexibility index (Phi) is 5.68. The second-order valence-corrected chi connectivity index (χ2v) is 10.2. The first-order valence-corrected chi connectivity index (χ1v) is 11.4. The Morgan fingerprint density at radius 3 is 2.84 bits per heavy atom.